The second-order valence-electron chi connectivity index (χ2n) is 0. The second-order valence-corrected chi connectivity index (χ2v) is 0. The predicted octanol–water partition coefficient (Wildman–Crippen LogP) is -0.343. The maximum atomic E-state index is 0. The molecule has 0 fully saturated rings. The maximum absolute atomic E-state index is 0. The van der Waals surface area contributed by atoms with E-state index in [0.717, 1.165) is 0 Å². The van der Waals surface area contributed by atoms with Gasteiger partial charge in [-0.1, -0.05) is 0 Å². The van der Waals surface area contributed by atoms with Crippen LogP contribution in [0.1, 0.15) is 0 Å². The van der Waals surface area contributed by atoms with E-state index in [1.165, 1.54) is 0 Å². The van der Waals surface area contributed by atoms with Crippen LogP contribution in [0.25, 0.3) is 0 Å². The molecule has 0 aliphatic heterocycles. The summed E-state index contributed by atoms with van der Waals surface area (Å²) in [7, 11) is 0. The monoisotopic (exact) mass is 204 g/mol. The zero-order chi connectivity index (χ0) is 0. The first-order chi connectivity index (χ1) is 0. The van der Waals surface area contributed by atoms with Crippen molar-refractivity contribution in [3.63, 3.8) is 0 Å². The molecular weight excluding hydrogens is 201 g/mol. The summed E-state index contributed by atoms with van der Waals surface area (Å²) in [5.41, 5.74) is 0. The van der Waals surface area contributed by atoms with E-state index < -0.39 is 0 Å². The Morgan fingerprint density at radius 2 is 0.750 bits per heavy atom. The summed E-state index contributed by atoms with van der Waals surface area (Å²) in [5, 5.41) is 0. The third-order valence-corrected chi connectivity index (χ3v) is 0. The Bertz CT molecular complexity index is 6.00. The van der Waals surface area contributed by atoms with Gasteiger partial charge >= 0.3 is 29.6 Å². The van der Waals surface area contributed by atoms with E-state index in [0.29, 0.717) is 0 Å². The van der Waals surface area contributed by atoms with E-state index in [1.54, 1.807) is 0 Å². The van der Waals surface area contributed by atoms with Gasteiger partial charge in [-0.25, -0.2) is 0 Å². The van der Waals surface area contributed by atoms with Gasteiger partial charge in [0.05, 0.1) is 0 Å². The molecule has 0 unspecified atom stereocenters. The van der Waals surface area contributed by atoms with Gasteiger partial charge in [-0.2, -0.15) is 0 Å². The van der Waals surface area contributed by atoms with Crippen LogP contribution in [0.2, 0.25) is 0 Å². The molecule has 0 spiro atoms. The topological polar surface area (TPSA) is 0 Å². The van der Waals surface area contributed by atoms with Gasteiger partial charge in [0.15, 0.2) is 0 Å². The Balaban J connectivity index is 0. The van der Waals surface area contributed by atoms with Crippen molar-refractivity contribution in [1.29, 1.82) is 0 Å². The zero-order valence-corrected chi connectivity index (χ0v) is 4.46. The molecule has 22 valence electrons. The SMILES string of the molecule is F.F.[Ce].[NaH]. The van der Waals surface area contributed by atoms with Crippen LogP contribution >= 0.6 is 0 Å². The fourth-order valence-electron chi connectivity index (χ4n) is 0. The van der Waals surface area contributed by atoms with E-state index in [1.807, 2.05) is 0 Å². The Labute approximate surface area is 79.1 Å². The molecule has 0 N–H and O–H groups in total. The Hall–Kier alpha value is 2.24. The average molecular weight is 204 g/mol. The number of halogens is 2. The molecule has 0 aliphatic rings. The molecule has 0 aromatic carbocycles. The summed E-state index contributed by atoms with van der Waals surface area (Å²) in [4.78, 5) is 0. The molecule has 4 heavy (non-hydrogen) atoms. The Kier molecular flexibility index (Phi) is 161. The molecule has 0 aliphatic carbocycles. The molecule has 0 saturated carbocycles. The van der Waals surface area contributed by atoms with Crippen LogP contribution in [0.5, 0.6) is 0 Å². The van der Waals surface area contributed by atoms with E-state index >= 15 is 0 Å². The molecule has 0 rings (SSSR count). The van der Waals surface area contributed by atoms with Gasteiger partial charge < -0.3 is 0 Å². The molecule has 0 nitrogen and oxygen atoms in total. The second kappa shape index (κ2) is 18.8. The van der Waals surface area contributed by atoms with E-state index in [2.05, 4.69) is 0 Å². The molecule has 0 aromatic rings. The van der Waals surface area contributed by atoms with Gasteiger partial charge in [0.2, 0.25) is 0 Å². The van der Waals surface area contributed by atoms with Gasteiger partial charge in [-0.3, -0.25) is 9.41 Å². The van der Waals surface area contributed by atoms with Crippen molar-refractivity contribution in [2.24, 2.45) is 0 Å². The van der Waals surface area contributed by atoms with E-state index in [4.69, 9.17) is 0 Å². The van der Waals surface area contributed by atoms with Crippen molar-refractivity contribution in [1.82, 2.24) is 0 Å². The zero-order valence-electron chi connectivity index (χ0n) is 1.32. The van der Waals surface area contributed by atoms with Crippen LogP contribution in [-0.4, -0.2) is 29.6 Å². The molecule has 0 radical (unpaired) electrons. The third kappa shape index (κ3) is 8.87. The van der Waals surface area contributed by atoms with Crippen LogP contribution < -0.4 is 0 Å². The minimum absolute atomic E-state index is 0. The van der Waals surface area contributed by atoms with E-state index in [9.17, 15) is 0 Å². The van der Waals surface area contributed by atoms with E-state index in [-0.39, 0.29) is 80.7 Å². The Morgan fingerprint density at radius 3 is 0.750 bits per heavy atom. The quantitative estimate of drug-likeness (QED) is 0.473. The molecule has 0 heterocycles. The number of rotatable bonds is 0. The van der Waals surface area contributed by atoms with Gasteiger partial charge in [-0.05, 0) is 0 Å². The molecule has 4 heteroatoms. The van der Waals surface area contributed by atoms with Crippen molar-refractivity contribution >= 4 is 29.6 Å². The molecule has 0 saturated heterocycles. The van der Waals surface area contributed by atoms with Crippen molar-refractivity contribution in [3.05, 3.63) is 0 Å². The predicted molar refractivity (Wildman–Crippen MR) is 12.2 cm³/mol. The van der Waals surface area contributed by atoms with Crippen molar-refractivity contribution in [2.75, 3.05) is 0 Å². The number of hydrogen-bond acceptors (Lipinski definition) is 0. The third-order valence-electron chi connectivity index (χ3n) is 0. The van der Waals surface area contributed by atoms with Crippen LogP contribution in [0.3, 0.4) is 0 Å². The van der Waals surface area contributed by atoms with Gasteiger partial charge in [-0.15, -0.1) is 0 Å². The molecule has 0 atom stereocenters. The summed E-state index contributed by atoms with van der Waals surface area (Å²) in [6.45, 7) is 0. The Morgan fingerprint density at radius 1 is 0.750 bits per heavy atom. The summed E-state index contributed by atoms with van der Waals surface area (Å²) < 4.78 is 0. The van der Waals surface area contributed by atoms with Gasteiger partial charge in [0.1, 0.15) is 0 Å². The van der Waals surface area contributed by atoms with Crippen LogP contribution in [0.15, 0.2) is 0 Å². The summed E-state index contributed by atoms with van der Waals surface area (Å²) in [6.07, 6.45) is 0. The fourth-order valence-corrected chi connectivity index (χ4v) is 0. The van der Waals surface area contributed by atoms with Gasteiger partial charge in [0.25, 0.3) is 0 Å². The molecule has 0 bridgehead atoms. The van der Waals surface area contributed by atoms with Crippen molar-refractivity contribution < 1.29 is 51.2 Å². The van der Waals surface area contributed by atoms with Gasteiger partial charge in [0, 0.05) is 41.7 Å². The first-order valence-corrected chi connectivity index (χ1v) is 0. The molecular formula is H3CeF2Na. The first kappa shape index (κ1) is 34.2. The first-order valence-electron chi connectivity index (χ1n) is 0. The summed E-state index contributed by atoms with van der Waals surface area (Å²) >= 11 is 0. The van der Waals surface area contributed by atoms with Crippen LogP contribution in [-0.2, 0) is 0 Å². The average Bonchev–Trinajstić information content (AvgIpc) is 0. The number of hydrogen-bond donors (Lipinski definition) is 0. The summed E-state index contributed by atoms with van der Waals surface area (Å²) in [6, 6.07) is 0. The fraction of sp³-hybridized carbons (Fsp3) is 0. The van der Waals surface area contributed by atoms with Crippen molar-refractivity contribution in [2.45, 2.75) is 0 Å². The van der Waals surface area contributed by atoms with Crippen LogP contribution in [0.4, 0.5) is 9.41 Å². The molecule has 0 amide bonds. The van der Waals surface area contributed by atoms with Crippen molar-refractivity contribution in [3.8, 4) is 0 Å². The molecule has 0 aromatic heterocycles. The minimum atomic E-state index is 0. The van der Waals surface area contributed by atoms with Crippen LogP contribution in [0, 0.1) is 41.7 Å². The standard InChI is InChI=1S/Ce.2FH.Na.H/h;2*1H;;. The normalized spacial score (nSPS) is 0. The summed E-state index contributed by atoms with van der Waals surface area (Å²) in [5.74, 6) is 0.